The third-order valence-electron chi connectivity index (χ3n) is 2.29. The molecule has 0 aliphatic heterocycles. The second-order valence-electron chi connectivity index (χ2n) is 3.63. The lowest BCUT2D eigenvalue weighted by Gasteiger charge is -1.95. The van der Waals surface area contributed by atoms with E-state index in [1.165, 1.54) is 0 Å². The molecule has 0 aliphatic rings. The number of rotatable bonds is 3. The van der Waals surface area contributed by atoms with Gasteiger partial charge in [-0.25, -0.2) is 9.50 Å². The maximum absolute atomic E-state index is 4.31. The number of hydrogen-bond acceptors (Lipinski definition) is 5. The van der Waals surface area contributed by atoms with E-state index in [4.69, 9.17) is 0 Å². The first-order valence-electron chi connectivity index (χ1n) is 5.21. The van der Waals surface area contributed by atoms with Crippen LogP contribution in [0.4, 0.5) is 5.95 Å². The van der Waals surface area contributed by atoms with Crippen LogP contribution in [0.3, 0.4) is 0 Å². The van der Waals surface area contributed by atoms with Gasteiger partial charge in [-0.15, -0.1) is 5.10 Å². The van der Waals surface area contributed by atoms with Gasteiger partial charge in [0, 0.05) is 13.2 Å². The Balaban J connectivity index is 1.76. The first-order chi connectivity index (χ1) is 8.31. The Morgan fingerprint density at radius 2 is 2.24 bits per heavy atom. The summed E-state index contributed by atoms with van der Waals surface area (Å²) in [6.07, 6.45) is 3.51. The predicted molar refractivity (Wildman–Crippen MR) is 61.3 cm³/mol. The first-order valence-corrected chi connectivity index (χ1v) is 5.21. The third kappa shape index (κ3) is 1.94. The highest BCUT2D eigenvalue weighted by atomic mass is 15.4. The number of anilines is 1. The van der Waals surface area contributed by atoms with Crippen molar-refractivity contribution in [2.45, 2.75) is 6.54 Å². The third-order valence-corrected chi connectivity index (χ3v) is 2.29. The van der Waals surface area contributed by atoms with Gasteiger partial charge in [0.25, 0.3) is 0 Å². The molecule has 86 valence electrons. The van der Waals surface area contributed by atoms with E-state index in [-0.39, 0.29) is 0 Å². The molecule has 3 aromatic rings. The highest BCUT2D eigenvalue weighted by Gasteiger charge is 2.03. The van der Waals surface area contributed by atoms with Crippen LogP contribution in [0.15, 0.2) is 30.7 Å². The van der Waals surface area contributed by atoms with Crippen LogP contribution >= 0.6 is 0 Å². The molecule has 0 unspecified atom stereocenters. The zero-order chi connectivity index (χ0) is 11.7. The second kappa shape index (κ2) is 3.85. The van der Waals surface area contributed by atoms with E-state index in [2.05, 4.69) is 25.5 Å². The van der Waals surface area contributed by atoms with Gasteiger partial charge in [0.15, 0.2) is 11.5 Å². The molecule has 0 spiro atoms. The van der Waals surface area contributed by atoms with Crippen molar-refractivity contribution >= 4 is 11.6 Å². The fourth-order valence-corrected chi connectivity index (χ4v) is 1.53. The van der Waals surface area contributed by atoms with Gasteiger partial charge in [0.1, 0.15) is 6.33 Å². The maximum Gasteiger partial charge on any atom is 0.243 e. The van der Waals surface area contributed by atoms with Crippen LogP contribution < -0.4 is 5.32 Å². The molecule has 3 rings (SSSR count). The van der Waals surface area contributed by atoms with Crippen molar-refractivity contribution in [2.24, 2.45) is 7.05 Å². The molecule has 7 heteroatoms. The van der Waals surface area contributed by atoms with E-state index in [1.807, 2.05) is 31.4 Å². The van der Waals surface area contributed by atoms with Crippen molar-refractivity contribution in [3.05, 3.63) is 36.5 Å². The largest absolute Gasteiger partial charge is 0.346 e. The Kier molecular flexibility index (Phi) is 2.21. The van der Waals surface area contributed by atoms with Crippen molar-refractivity contribution in [3.63, 3.8) is 0 Å². The summed E-state index contributed by atoms with van der Waals surface area (Å²) < 4.78 is 3.38. The summed E-state index contributed by atoms with van der Waals surface area (Å²) in [5.41, 5.74) is 0.809. The van der Waals surface area contributed by atoms with Crippen molar-refractivity contribution in [1.82, 2.24) is 29.4 Å². The lowest BCUT2D eigenvalue weighted by atomic mass is 10.5. The number of aromatic nitrogens is 6. The summed E-state index contributed by atoms with van der Waals surface area (Å²) in [5, 5.41) is 11.5. The van der Waals surface area contributed by atoms with E-state index >= 15 is 0 Å². The molecule has 3 heterocycles. The Morgan fingerprint density at radius 1 is 1.29 bits per heavy atom. The van der Waals surface area contributed by atoms with Crippen LogP contribution in [0, 0.1) is 0 Å². The van der Waals surface area contributed by atoms with Gasteiger partial charge in [-0.1, -0.05) is 6.07 Å². The predicted octanol–water partition coefficient (Wildman–Crippen LogP) is 0.470. The minimum atomic E-state index is 0.512. The summed E-state index contributed by atoms with van der Waals surface area (Å²) in [6, 6.07) is 5.73. The molecule has 0 aliphatic carbocycles. The van der Waals surface area contributed by atoms with Gasteiger partial charge in [0.05, 0.1) is 6.54 Å². The first kappa shape index (κ1) is 9.76. The standard InChI is InChI=1S/C10H11N7/c1-16-7-12-8(14-16)6-11-10-13-9-4-2-3-5-17(9)15-10/h2-5,7H,6H2,1H3,(H,11,15). The molecule has 7 nitrogen and oxygen atoms in total. The molecule has 0 atom stereocenters. The lowest BCUT2D eigenvalue weighted by molar-refractivity contribution is 0.746. The lowest BCUT2D eigenvalue weighted by Crippen LogP contribution is -2.03. The molecule has 0 radical (unpaired) electrons. The smallest absolute Gasteiger partial charge is 0.243 e. The maximum atomic E-state index is 4.31. The van der Waals surface area contributed by atoms with Gasteiger partial charge >= 0.3 is 0 Å². The molecule has 0 saturated carbocycles. The van der Waals surface area contributed by atoms with Crippen LogP contribution in [0.2, 0.25) is 0 Å². The van der Waals surface area contributed by atoms with Gasteiger partial charge in [-0.3, -0.25) is 4.68 Å². The normalized spacial score (nSPS) is 10.9. The Labute approximate surface area is 97.1 Å². The van der Waals surface area contributed by atoms with Crippen molar-refractivity contribution in [3.8, 4) is 0 Å². The number of fused-ring (bicyclic) bond motifs is 1. The van der Waals surface area contributed by atoms with Crippen LogP contribution in [0.25, 0.3) is 5.65 Å². The summed E-state index contributed by atoms with van der Waals surface area (Å²) in [6.45, 7) is 0.512. The number of pyridine rings is 1. The van der Waals surface area contributed by atoms with E-state index in [1.54, 1.807) is 15.5 Å². The Bertz CT molecular complexity index is 606. The van der Waals surface area contributed by atoms with Crippen LogP contribution in [-0.2, 0) is 13.6 Å². The summed E-state index contributed by atoms with van der Waals surface area (Å²) >= 11 is 0. The minimum Gasteiger partial charge on any atom is -0.346 e. The average molecular weight is 229 g/mol. The quantitative estimate of drug-likeness (QED) is 0.706. The van der Waals surface area contributed by atoms with Gasteiger partial charge < -0.3 is 5.32 Å². The van der Waals surface area contributed by atoms with E-state index in [0.29, 0.717) is 18.3 Å². The zero-order valence-electron chi connectivity index (χ0n) is 9.28. The van der Waals surface area contributed by atoms with Crippen molar-refractivity contribution in [2.75, 3.05) is 5.32 Å². The summed E-state index contributed by atoms with van der Waals surface area (Å²) in [7, 11) is 1.83. The van der Waals surface area contributed by atoms with Crippen molar-refractivity contribution in [1.29, 1.82) is 0 Å². The molecule has 3 aromatic heterocycles. The van der Waals surface area contributed by atoms with Crippen molar-refractivity contribution < 1.29 is 0 Å². The zero-order valence-corrected chi connectivity index (χ0v) is 9.28. The molecule has 0 aromatic carbocycles. The summed E-state index contributed by atoms with van der Waals surface area (Å²) in [5.74, 6) is 1.29. The topological polar surface area (TPSA) is 72.9 Å². The number of aryl methyl sites for hydroxylation is 1. The number of hydrogen-bond donors (Lipinski definition) is 1. The highest BCUT2D eigenvalue weighted by molar-refractivity contribution is 5.42. The monoisotopic (exact) mass is 229 g/mol. The molecule has 0 saturated heterocycles. The second-order valence-corrected chi connectivity index (χ2v) is 3.63. The van der Waals surface area contributed by atoms with Crippen LogP contribution in [0.1, 0.15) is 5.82 Å². The molecule has 0 bridgehead atoms. The fraction of sp³-hybridized carbons (Fsp3) is 0.200. The van der Waals surface area contributed by atoms with Gasteiger partial charge in [0.2, 0.25) is 5.95 Å². The van der Waals surface area contributed by atoms with Crippen LogP contribution in [0.5, 0.6) is 0 Å². The molecule has 0 amide bonds. The fourth-order valence-electron chi connectivity index (χ4n) is 1.53. The number of nitrogens with one attached hydrogen (secondary N) is 1. The Morgan fingerprint density at radius 3 is 3.00 bits per heavy atom. The highest BCUT2D eigenvalue weighted by Crippen LogP contribution is 2.05. The minimum absolute atomic E-state index is 0.512. The van der Waals surface area contributed by atoms with E-state index in [9.17, 15) is 0 Å². The Hall–Kier alpha value is -2.44. The van der Waals surface area contributed by atoms with Gasteiger partial charge in [-0.05, 0) is 12.1 Å². The molecular formula is C10H11N7. The summed E-state index contributed by atoms with van der Waals surface area (Å²) in [4.78, 5) is 8.42. The molecule has 17 heavy (non-hydrogen) atoms. The average Bonchev–Trinajstić information content (AvgIpc) is 2.91. The van der Waals surface area contributed by atoms with Crippen LogP contribution in [-0.4, -0.2) is 29.4 Å². The molecular weight excluding hydrogens is 218 g/mol. The number of nitrogens with zero attached hydrogens (tertiary/aromatic N) is 6. The van der Waals surface area contributed by atoms with E-state index in [0.717, 1.165) is 5.65 Å². The van der Waals surface area contributed by atoms with Gasteiger partial charge in [-0.2, -0.15) is 10.1 Å². The SMILES string of the molecule is Cn1cnc(CNc2nc3ccccn3n2)n1. The molecule has 1 N–H and O–H groups in total. The van der Waals surface area contributed by atoms with E-state index < -0.39 is 0 Å². The molecule has 0 fully saturated rings.